The van der Waals surface area contributed by atoms with Gasteiger partial charge in [-0.05, 0) is 49.2 Å². The molecule has 0 fully saturated rings. The summed E-state index contributed by atoms with van der Waals surface area (Å²) in [5, 5.41) is 8.87. The highest BCUT2D eigenvalue weighted by atomic mass is 16.5. The molecule has 2 aromatic rings. The standard InChI is InChI=1S/C18H18N2O/c1-18(2)16(13-7-5-4-6-8-13)19-20-17(18)14-9-11-15(21-3)12-10-14/h4-12H,1-3H3. The average molecular weight is 278 g/mol. The zero-order valence-electron chi connectivity index (χ0n) is 12.5. The lowest BCUT2D eigenvalue weighted by atomic mass is 9.77. The third-order valence-corrected chi connectivity index (χ3v) is 3.84. The maximum absolute atomic E-state index is 5.21. The molecule has 0 aromatic heterocycles. The van der Waals surface area contributed by atoms with Gasteiger partial charge in [-0.2, -0.15) is 10.2 Å². The molecule has 0 aliphatic carbocycles. The molecule has 3 rings (SSSR count). The van der Waals surface area contributed by atoms with Crippen molar-refractivity contribution in [1.82, 2.24) is 0 Å². The first-order chi connectivity index (χ1) is 10.1. The molecule has 0 unspecified atom stereocenters. The summed E-state index contributed by atoms with van der Waals surface area (Å²) in [6, 6.07) is 18.2. The summed E-state index contributed by atoms with van der Waals surface area (Å²) in [6.07, 6.45) is 0. The Kier molecular flexibility index (Phi) is 3.34. The Hall–Kier alpha value is -2.42. The molecule has 0 bridgehead atoms. The van der Waals surface area contributed by atoms with Gasteiger partial charge in [0.05, 0.1) is 23.9 Å². The van der Waals surface area contributed by atoms with Gasteiger partial charge < -0.3 is 4.74 Å². The van der Waals surface area contributed by atoms with E-state index in [9.17, 15) is 0 Å². The highest BCUT2D eigenvalue weighted by Gasteiger charge is 2.37. The van der Waals surface area contributed by atoms with Crippen molar-refractivity contribution in [2.75, 3.05) is 7.11 Å². The summed E-state index contributed by atoms with van der Waals surface area (Å²) in [7, 11) is 1.67. The van der Waals surface area contributed by atoms with Gasteiger partial charge in [0.1, 0.15) is 5.75 Å². The van der Waals surface area contributed by atoms with Gasteiger partial charge in [0.25, 0.3) is 0 Å². The molecular formula is C18H18N2O. The first-order valence-electron chi connectivity index (χ1n) is 6.99. The van der Waals surface area contributed by atoms with E-state index in [1.807, 2.05) is 42.5 Å². The van der Waals surface area contributed by atoms with Crippen molar-refractivity contribution in [3.05, 3.63) is 65.7 Å². The van der Waals surface area contributed by atoms with Crippen molar-refractivity contribution in [3.8, 4) is 5.75 Å². The first kappa shape index (κ1) is 13.6. The largest absolute Gasteiger partial charge is 0.497 e. The highest BCUT2D eigenvalue weighted by Crippen LogP contribution is 2.33. The molecule has 0 atom stereocenters. The minimum Gasteiger partial charge on any atom is -0.497 e. The summed E-state index contributed by atoms with van der Waals surface area (Å²) in [5.41, 5.74) is 3.99. The molecule has 1 aliphatic heterocycles. The number of benzene rings is 2. The molecule has 21 heavy (non-hydrogen) atoms. The van der Waals surface area contributed by atoms with Gasteiger partial charge in [0.15, 0.2) is 0 Å². The fourth-order valence-corrected chi connectivity index (χ4v) is 2.64. The zero-order valence-corrected chi connectivity index (χ0v) is 12.5. The first-order valence-corrected chi connectivity index (χ1v) is 6.99. The quantitative estimate of drug-likeness (QED) is 0.837. The smallest absolute Gasteiger partial charge is 0.118 e. The van der Waals surface area contributed by atoms with Crippen molar-refractivity contribution in [1.29, 1.82) is 0 Å². The van der Waals surface area contributed by atoms with E-state index in [4.69, 9.17) is 4.74 Å². The van der Waals surface area contributed by atoms with Gasteiger partial charge in [-0.3, -0.25) is 0 Å². The van der Waals surface area contributed by atoms with Crippen LogP contribution in [0.4, 0.5) is 0 Å². The summed E-state index contributed by atoms with van der Waals surface area (Å²) in [5.74, 6) is 0.847. The van der Waals surface area contributed by atoms with Crippen molar-refractivity contribution in [2.24, 2.45) is 15.6 Å². The maximum atomic E-state index is 5.21. The number of hydrogen-bond donors (Lipinski definition) is 0. The Morgan fingerprint density at radius 3 is 1.81 bits per heavy atom. The lowest BCUT2D eigenvalue weighted by molar-refractivity contribution is 0.415. The van der Waals surface area contributed by atoms with Gasteiger partial charge >= 0.3 is 0 Å². The maximum Gasteiger partial charge on any atom is 0.118 e. The van der Waals surface area contributed by atoms with E-state index in [-0.39, 0.29) is 5.41 Å². The van der Waals surface area contributed by atoms with Crippen molar-refractivity contribution >= 4 is 11.4 Å². The van der Waals surface area contributed by atoms with Crippen LogP contribution >= 0.6 is 0 Å². The Labute approximate surface area is 125 Å². The topological polar surface area (TPSA) is 34.0 Å². The minimum absolute atomic E-state index is 0.212. The van der Waals surface area contributed by atoms with E-state index in [0.717, 1.165) is 28.3 Å². The van der Waals surface area contributed by atoms with Crippen molar-refractivity contribution in [2.45, 2.75) is 13.8 Å². The fourth-order valence-electron chi connectivity index (χ4n) is 2.64. The van der Waals surface area contributed by atoms with Crippen LogP contribution < -0.4 is 4.74 Å². The second kappa shape index (κ2) is 5.17. The summed E-state index contributed by atoms with van der Waals surface area (Å²) < 4.78 is 5.21. The molecule has 0 N–H and O–H groups in total. The third-order valence-electron chi connectivity index (χ3n) is 3.84. The number of ether oxygens (including phenoxy) is 1. The summed E-state index contributed by atoms with van der Waals surface area (Å²) in [6.45, 7) is 4.32. The molecule has 1 heterocycles. The lowest BCUT2D eigenvalue weighted by Gasteiger charge is -2.23. The van der Waals surface area contributed by atoms with E-state index in [1.165, 1.54) is 0 Å². The number of rotatable bonds is 3. The molecule has 0 amide bonds. The highest BCUT2D eigenvalue weighted by molar-refractivity contribution is 6.25. The SMILES string of the molecule is COc1ccc(C2=NN=C(c3ccccc3)C2(C)C)cc1. The van der Waals surface area contributed by atoms with Crippen LogP contribution in [-0.2, 0) is 0 Å². The second-order valence-electron chi connectivity index (χ2n) is 5.62. The van der Waals surface area contributed by atoms with E-state index in [0.29, 0.717) is 0 Å². The average Bonchev–Trinajstić information content (AvgIpc) is 2.83. The Morgan fingerprint density at radius 2 is 1.29 bits per heavy atom. The zero-order chi connectivity index (χ0) is 14.9. The predicted molar refractivity (Wildman–Crippen MR) is 86.3 cm³/mol. The number of hydrogen-bond acceptors (Lipinski definition) is 3. The van der Waals surface area contributed by atoms with Gasteiger partial charge in [-0.15, -0.1) is 0 Å². The molecule has 0 saturated carbocycles. The van der Waals surface area contributed by atoms with E-state index < -0.39 is 0 Å². The molecule has 0 spiro atoms. The Bertz CT molecular complexity index is 698. The molecule has 106 valence electrons. The van der Waals surface area contributed by atoms with Crippen LogP contribution in [0.25, 0.3) is 0 Å². The third kappa shape index (κ3) is 2.35. The molecule has 0 saturated heterocycles. The Morgan fingerprint density at radius 1 is 0.762 bits per heavy atom. The van der Waals surface area contributed by atoms with Crippen molar-refractivity contribution < 1.29 is 4.74 Å². The van der Waals surface area contributed by atoms with Crippen LogP contribution in [0.1, 0.15) is 25.0 Å². The van der Waals surface area contributed by atoms with Crippen LogP contribution in [0.3, 0.4) is 0 Å². The lowest BCUT2D eigenvalue weighted by Crippen LogP contribution is -2.31. The molecule has 1 aliphatic rings. The summed E-state index contributed by atoms with van der Waals surface area (Å²) in [4.78, 5) is 0. The van der Waals surface area contributed by atoms with Gasteiger partial charge in [-0.25, -0.2) is 0 Å². The van der Waals surface area contributed by atoms with E-state index in [1.54, 1.807) is 7.11 Å². The normalized spacial score (nSPS) is 16.3. The van der Waals surface area contributed by atoms with E-state index in [2.05, 4.69) is 36.2 Å². The van der Waals surface area contributed by atoms with Crippen LogP contribution in [0.2, 0.25) is 0 Å². The molecule has 3 heteroatoms. The predicted octanol–water partition coefficient (Wildman–Crippen LogP) is 3.93. The monoisotopic (exact) mass is 278 g/mol. The van der Waals surface area contributed by atoms with Gasteiger partial charge in [-0.1, -0.05) is 30.3 Å². The van der Waals surface area contributed by atoms with Gasteiger partial charge in [0.2, 0.25) is 0 Å². The molecular weight excluding hydrogens is 260 g/mol. The fraction of sp³-hybridized carbons (Fsp3) is 0.222. The minimum atomic E-state index is -0.212. The number of nitrogens with zero attached hydrogens (tertiary/aromatic N) is 2. The van der Waals surface area contributed by atoms with Crippen LogP contribution in [-0.4, -0.2) is 18.5 Å². The van der Waals surface area contributed by atoms with Crippen LogP contribution in [0.5, 0.6) is 5.75 Å². The molecule has 3 nitrogen and oxygen atoms in total. The Balaban J connectivity index is 1.93. The number of methoxy groups -OCH3 is 1. The molecule has 2 aromatic carbocycles. The molecule has 0 radical (unpaired) electrons. The second-order valence-corrected chi connectivity index (χ2v) is 5.62. The summed E-state index contributed by atoms with van der Waals surface area (Å²) >= 11 is 0. The van der Waals surface area contributed by atoms with Gasteiger partial charge in [0, 0.05) is 0 Å². The van der Waals surface area contributed by atoms with Crippen LogP contribution in [0, 0.1) is 5.41 Å². The van der Waals surface area contributed by atoms with Crippen LogP contribution in [0.15, 0.2) is 64.8 Å². The van der Waals surface area contributed by atoms with Crippen molar-refractivity contribution in [3.63, 3.8) is 0 Å². The van der Waals surface area contributed by atoms with E-state index >= 15 is 0 Å².